The Bertz CT molecular complexity index is 1130. The summed E-state index contributed by atoms with van der Waals surface area (Å²) in [5.74, 6) is -1.09. The number of benzene rings is 2. The summed E-state index contributed by atoms with van der Waals surface area (Å²) in [5, 5.41) is 14.7. The van der Waals surface area contributed by atoms with Crippen LogP contribution in [-0.2, 0) is 11.2 Å². The van der Waals surface area contributed by atoms with Crippen molar-refractivity contribution in [2.24, 2.45) is 0 Å². The van der Waals surface area contributed by atoms with Crippen molar-refractivity contribution in [1.29, 1.82) is 0 Å². The molecule has 1 aliphatic rings. The lowest BCUT2D eigenvalue weighted by atomic mass is 10.0. The summed E-state index contributed by atoms with van der Waals surface area (Å²) in [6, 6.07) is 8.19. The van der Waals surface area contributed by atoms with Gasteiger partial charge >= 0.3 is 0 Å². The van der Waals surface area contributed by atoms with Crippen molar-refractivity contribution in [3.05, 3.63) is 59.4 Å². The molecule has 10 heteroatoms. The molecule has 33 heavy (non-hydrogen) atoms. The number of carbonyl (C=O) groups is 1. The summed E-state index contributed by atoms with van der Waals surface area (Å²) in [4.78, 5) is 15.4. The normalized spacial score (nSPS) is 15.4. The van der Waals surface area contributed by atoms with E-state index in [0.29, 0.717) is 48.8 Å². The van der Waals surface area contributed by atoms with Gasteiger partial charge in [-0.05, 0) is 53.2 Å². The average Bonchev–Trinajstić information content (AvgIpc) is 3.28. The predicted octanol–water partition coefficient (Wildman–Crippen LogP) is 2.62. The second-order valence-corrected chi connectivity index (χ2v) is 8.04. The second-order valence-electron chi connectivity index (χ2n) is 8.04. The number of hydrogen-bond acceptors (Lipinski definition) is 6. The van der Waals surface area contributed by atoms with Gasteiger partial charge in [-0.15, -0.1) is 5.10 Å². The SMILES string of the molecule is CCc1nnnn1-c1cc(C(=O)N[C@H](C)CN2CCOCC2)cc(-c2ccc(F)cc2F)c1. The molecule has 1 N–H and O–H groups in total. The highest BCUT2D eigenvalue weighted by molar-refractivity contribution is 5.96. The maximum atomic E-state index is 14.6. The Morgan fingerprint density at radius 2 is 1.97 bits per heavy atom. The zero-order valence-corrected chi connectivity index (χ0v) is 18.6. The van der Waals surface area contributed by atoms with Crippen LogP contribution >= 0.6 is 0 Å². The Morgan fingerprint density at radius 1 is 1.18 bits per heavy atom. The van der Waals surface area contributed by atoms with Crippen LogP contribution in [-0.4, -0.2) is 69.9 Å². The molecule has 2 aromatic carbocycles. The molecule has 1 aliphatic heterocycles. The van der Waals surface area contributed by atoms with Gasteiger partial charge in [0.2, 0.25) is 0 Å². The molecule has 1 aromatic heterocycles. The lowest BCUT2D eigenvalue weighted by Gasteiger charge is -2.29. The van der Waals surface area contributed by atoms with E-state index in [9.17, 15) is 13.6 Å². The number of rotatable bonds is 7. The first-order valence-corrected chi connectivity index (χ1v) is 10.9. The van der Waals surface area contributed by atoms with Crippen molar-refractivity contribution < 1.29 is 18.3 Å². The molecule has 0 bridgehead atoms. The van der Waals surface area contributed by atoms with Gasteiger partial charge in [-0.1, -0.05) is 6.92 Å². The highest BCUT2D eigenvalue weighted by atomic mass is 19.1. The molecule has 1 fully saturated rings. The molecular weight excluding hydrogens is 430 g/mol. The number of morpholine rings is 1. The molecule has 0 radical (unpaired) electrons. The smallest absolute Gasteiger partial charge is 0.251 e. The van der Waals surface area contributed by atoms with Crippen LogP contribution in [0.4, 0.5) is 8.78 Å². The van der Waals surface area contributed by atoms with Crippen LogP contribution in [0.2, 0.25) is 0 Å². The monoisotopic (exact) mass is 456 g/mol. The van der Waals surface area contributed by atoms with Gasteiger partial charge < -0.3 is 10.1 Å². The maximum absolute atomic E-state index is 14.6. The number of aromatic nitrogens is 4. The van der Waals surface area contributed by atoms with E-state index in [2.05, 4.69) is 25.7 Å². The average molecular weight is 456 g/mol. The third-order valence-electron chi connectivity index (χ3n) is 5.53. The number of ether oxygens (including phenoxy) is 1. The van der Waals surface area contributed by atoms with Gasteiger partial charge in [0.05, 0.1) is 18.9 Å². The van der Waals surface area contributed by atoms with Gasteiger partial charge in [0.1, 0.15) is 11.6 Å². The summed E-state index contributed by atoms with van der Waals surface area (Å²) in [6.45, 7) is 7.55. The quantitative estimate of drug-likeness (QED) is 0.588. The summed E-state index contributed by atoms with van der Waals surface area (Å²) < 4.78 is 34.9. The fourth-order valence-corrected chi connectivity index (χ4v) is 3.89. The first kappa shape index (κ1) is 22.9. The number of nitrogens with zero attached hydrogens (tertiary/aromatic N) is 5. The van der Waals surface area contributed by atoms with Crippen LogP contribution in [0, 0.1) is 11.6 Å². The number of hydrogen-bond donors (Lipinski definition) is 1. The minimum absolute atomic E-state index is 0.107. The third kappa shape index (κ3) is 5.40. The molecule has 0 unspecified atom stereocenters. The highest BCUT2D eigenvalue weighted by Crippen LogP contribution is 2.27. The van der Waals surface area contributed by atoms with Crippen LogP contribution in [0.3, 0.4) is 0 Å². The molecule has 1 atom stereocenters. The van der Waals surface area contributed by atoms with E-state index in [1.807, 2.05) is 13.8 Å². The summed E-state index contributed by atoms with van der Waals surface area (Å²) in [6.07, 6.45) is 0.570. The fraction of sp³-hybridized carbons (Fsp3) is 0.391. The van der Waals surface area contributed by atoms with Crippen LogP contribution in [0.15, 0.2) is 36.4 Å². The van der Waals surface area contributed by atoms with Crippen LogP contribution in [0.25, 0.3) is 16.8 Å². The van der Waals surface area contributed by atoms with E-state index in [1.54, 1.807) is 18.2 Å². The van der Waals surface area contributed by atoms with Gasteiger partial charge in [-0.3, -0.25) is 9.69 Å². The van der Waals surface area contributed by atoms with Gasteiger partial charge in [-0.25, -0.2) is 8.78 Å². The number of carbonyl (C=O) groups excluding carboxylic acids is 1. The standard InChI is InChI=1S/C23H26F2N6O2/c1-3-22-27-28-29-31(22)19-11-16(20-5-4-18(24)13-21(20)25)10-17(12-19)23(32)26-15(2)14-30-6-8-33-9-7-30/h4-5,10-13,15H,3,6-9,14H2,1-2H3,(H,26,32)/t15-/m1/s1. The van der Waals surface area contributed by atoms with Crippen molar-refractivity contribution in [2.75, 3.05) is 32.8 Å². The number of nitrogens with one attached hydrogen (secondary N) is 1. The van der Waals surface area contributed by atoms with Crippen molar-refractivity contribution >= 4 is 5.91 Å². The topological polar surface area (TPSA) is 85.2 Å². The lowest BCUT2D eigenvalue weighted by molar-refractivity contribution is 0.0342. The summed E-state index contributed by atoms with van der Waals surface area (Å²) in [7, 11) is 0. The summed E-state index contributed by atoms with van der Waals surface area (Å²) in [5.41, 5.74) is 1.45. The first-order valence-electron chi connectivity index (χ1n) is 10.9. The number of amides is 1. The molecule has 4 rings (SSSR count). The Labute approximate surface area is 190 Å². The Morgan fingerprint density at radius 3 is 2.70 bits per heavy atom. The van der Waals surface area contributed by atoms with Crippen LogP contribution in [0.1, 0.15) is 30.0 Å². The van der Waals surface area contributed by atoms with Gasteiger partial charge in [0.25, 0.3) is 5.91 Å². The van der Waals surface area contributed by atoms with Crippen molar-refractivity contribution in [2.45, 2.75) is 26.3 Å². The molecule has 174 valence electrons. The molecular formula is C23H26F2N6O2. The fourth-order valence-electron chi connectivity index (χ4n) is 3.89. The predicted molar refractivity (Wildman–Crippen MR) is 118 cm³/mol. The molecule has 2 heterocycles. The Hall–Kier alpha value is -3.24. The second kappa shape index (κ2) is 10.1. The third-order valence-corrected chi connectivity index (χ3v) is 5.53. The minimum atomic E-state index is -0.716. The van der Waals surface area contributed by atoms with Crippen molar-refractivity contribution in [1.82, 2.24) is 30.4 Å². The molecule has 0 saturated carbocycles. The van der Waals surface area contributed by atoms with Crippen LogP contribution in [0.5, 0.6) is 0 Å². The van der Waals surface area contributed by atoms with Gasteiger partial charge in [0, 0.05) is 49.3 Å². The van der Waals surface area contributed by atoms with Gasteiger partial charge in [-0.2, -0.15) is 4.68 Å². The largest absolute Gasteiger partial charge is 0.379 e. The van der Waals surface area contributed by atoms with Crippen molar-refractivity contribution in [3.8, 4) is 16.8 Å². The Balaban J connectivity index is 1.66. The summed E-state index contributed by atoms with van der Waals surface area (Å²) >= 11 is 0. The van der Waals surface area contributed by atoms with E-state index >= 15 is 0 Å². The van der Waals surface area contributed by atoms with E-state index in [-0.39, 0.29) is 17.5 Å². The first-order chi connectivity index (χ1) is 15.9. The van der Waals surface area contributed by atoms with E-state index in [1.165, 1.54) is 16.8 Å². The molecule has 1 amide bonds. The molecule has 0 aliphatic carbocycles. The highest BCUT2D eigenvalue weighted by Gasteiger charge is 2.19. The number of aryl methyl sites for hydroxylation is 1. The zero-order valence-electron chi connectivity index (χ0n) is 18.6. The Kier molecular flexibility index (Phi) is 7.05. The van der Waals surface area contributed by atoms with Crippen molar-refractivity contribution in [3.63, 3.8) is 0 Å². The number of halogens is 2. The minimum Gasteiger partial charge on any atom is -0.379 e. The molecule has 1 saturated heterocycles. The maximum Gasteiger partial charge on any atom is 0.251 e. The van der Waals surface area contributed by atoms with Crippen LogP contribution < -0.4 is 5.32 Å². The zero-order chi connectivity index (χ0) is 23.4. The lowest BCUT2D eigenvalue weighted by Crippen LogP contribution is -2.46. The number of tetrazole rings is 1. The van der Waals surface area contributed by atoms with E-state index < -0.39 is 11.6 Å². The molecule has 3 aromatic rings. The van der Waals surface area contributed by atoms with E-state index in [4.69, 9.17) is 4.74 Å². The van der Waals surface area contributed by atoms with Gasteiger partial charge in [0.15, 0.2) is 5.82 Å². The van der Waals surface area contributed by atoms with E-state index in [0.717, 1.165) is 19.2 Å². The molecule has 0 spiro atoms. The molecule has 8 nitrogen and oxygen atoms in total.